The normalized spacial score (nSPS) is 9.85. The Morgan fingerprint density at radius 1 is 1.35 bits per heavy atom. The van der Waals surface area contributed by atoms with Crippen molar-refractivity contribution in [1.29, 1.82) is 5.26 Å². The molecule has 0 saturated carbocycles. The molecule has 0 N–H and O–H groups in total. The largest absolute Gasteiger partial charge is 0.439 e. The molecule has 2 rings (SSSR count). The first-order valence-electron chi connectivity index (χ1n) is 5.49. The van der Waals surface area contributed by atoms with Crippen LogP contribution in [0.1, 0.15) is 11.3 Å². The third-order valence-corrected chi connectivity index (χ3v) is 2.81. The summed E-state index contributed by atoms with van der Waals surface area (Å²) in [6.45, 7) is 1.73. The highest BCUT2D eigenvalue weighted by Gasteiger charge is 2.11. The van der Waals surface area contributed by atoms with Crippen molar-refractivity contribution in [2.75, 3.05) is 0 Å². The molecule has 0 spiro atoms. The van der Waals surface area contributed by atoms with Gasteiger partial charge < -0.3 is 4.74 Å². The lowest BCUT2D eigenvalue weighted by Gasteiger charge is -2.06. The molecule has 1 heterocycles. The summed E-state index contributed by atoms with van der Waals surface area (Å²) in [4.78, 5) is 14.4. The first-order valence-corrected chi connectivity index (χ1v) is 6.29. The Morgan fingerprint density at radius 3 is 2.75 bits per heavy atom. The summed E-state index contributed by atoms with van der Waals surface area (Å²) >= 11 is 3.18. The van der Waals surface area contributed by atoms with Crippen molar-refractivity contribution >= 4 is 21.6 Å². The molecule has 0 aliphatic heterocycles. The van der Waals surface area contributed by atoms with Gasteiger partial charge in [0.15, 0.2) is 0 Å². The highest BCUT2D eigenvalue weighted by atomic mass is 79.9. The lowest BCUT2D eigenvalue weighted by molar-refractivity contribution is -0.385. The van der Waals surface area contributed by atoms with E-state index in [1.807, 2.05) is 6.07 Å². The van der Waals surface area contributed by atoms with Crippen molar-refractivity contribution in [2.24, 2.45) is 0 Å². The van der Waals surface area contributed by atoms with Crippen molar-refractivity contribution < 1.29 is 9.66 Å². The van der Waals surface area contributed by atoms with E-state index in [9.17, 15) is 10.1 Å². The van der Waals surface area contributed by atoms with E-state index >= 15 is 0 Å². The quantitative estimate of drug-likeness (QED) is 0.630. The molecule has 1 aromatic heterocycles. The van der Waals surface area contributed by atoms with Crippen LogP contribution in [0.15, 0.2) is 34.8 Å². The maximum absolute atomic E-state index is 10.8. The number of nitro groups is 1. The molecule has 0 saturated heterocycles. The topological polar surface area (TPSA) is 89.0 Å². The predicted molar refractivity (Wildman–Crippen MR) is 74.6 cm³/mol. The monoisotopic (exact) mass is 333 g/mol. The first-order chi connectivity index (χ1) is 9.47. The second kappa shape index (κ2) is 5.67. The summed E-state index contributed by atoms with van der Waals surface area (Å²) in [5, 5.41) is 19.7. The van der Waals surface area contributed by atoms with Crippen LogP contribution in [0.3, 0.4) is 0 Å². The molecule has 0 aliphatic rings. The van der Waals surface area contributed by atoms with Gasteiger partial charge in [-0.15, -0.1) is 0 Å². The highest BCUT2D eigenvalue weighted by Crippen LogP contribution is 2.29. The third kappa shape index (κ3) is 3.30. The molecule has 0 fully saturated rings. The minimum absolute atomic E-state index is 0.0949. The maximum atomic E-state index is 10.8. The average Bonchev–Trinajstić information content (AvgIpc) is 2.37. The fourth-order valence-electron chi connectivity index (χ4n) is 1.59. The van der Waals surface area contributed by atoms with Gasteiger partial charge in [0.05, 0.1) is 22.6 Å². The molecule has 1 aromatic carbocycles. The standard InChI is InChI=1S/C13H8BrN3O3/c1-8-2-9(7-15)3-13(16-8)20-12-5-10(14)4-11(6-12)17(18)19/h2-6H,1H3. The minimum atomic E-state index is -0.512. The number of hydrogen-bond acceptors (Lipinski definition) is 5. The van der Waals surface area contributed by atoms with Gasteiger partial charge in [0.25, 0.3) is 5.69 Å². The molecule has 100 valence electrons. The SMILES string of the molecule is Cc1cc(C#N)cc(Oc2cc(Br)cc([N+](=O)[O-])c2)n1. The zero-order valence-electron chi connectivity index (χ0n) is 10.3. The number of aromatic nitrogens is 1. The van der Waals surface area contributed by atoms with Gasteiger partial charge in [-0.25, -0.2) is 4.98 Å². The van der Waals surface area contributed by atoms with Gasteiger partial charge in [-0.2, -0.15) is 5.26 Å². The average molecular weight is 334 g/mol. The van der Waals surface area contributed by atoms with Gasteiger partial charge in [-0.05, 0) is 19.1 Å². The highest BCUT2D eigenvalue weighted by molar-refractivity contribution is 9.10. The first kappa shape index (κ1) is 14.0. The number of pyridine rings is 1. The lowest BCUT2D eigenvalue weighted by Crippen LogP contribution is -1.93. The van der Waals surface area contributed by atoms with Gasteiger partial charge in [0, 0.05) is 22.3 Å². The zero-order chi connectivity index (χ0) is 14.7. The van der Waals surface area contributed by atoms with E-state index in [0.717, 1.165) is 0 Å². The van der Waals surface area contributed by atoms with Gasteiger partial charge in [-0.1, -0.05) is 15.9 Å². The van der Waals surface area contributed by atoms with Gasteiger partial charge >= 0.3 is 0 Å². The fourth-order valence-corrected chi connectivity index (χ4v) is 2.05. The number of nitriles is 1. The molecule has 2 aromatic rings. The van der Waals surface area contributed by atoms with Gasteiger partial charge in [0.2, 0.25) is 5.88 Å². The van der Waals surface area contributed by atoms with Crippen molar-refractivity contribution in [1.82, 2.24) is 4.98 Å². The molecular weight excluding hydrogens is 326 g/mol. The van der Waals surface area contributed by atoms with Gasteiger partial charge in [0.1, 0.15) is 5.75 Å². The van der Waals surface area contributed by atoms with Crippen LogP contribution in [0.2, 0.25) is 0 Å². The summed E-state index contributed by atoms with van der Waals surface area (Å²) in [6, 6.07) is 9.34. The Labute approximate surface area is 122 Å². The molecule has 0 atom stereocenters. The Morgan fingerprint density at radius 2 is 2.10 bits per heavy atom. The number of nitrogens with zero attached hydrogens (tertiary/aromatic N) is 3. The summed E-state index contributed by atoms with van der Waals surface area (Å²) < 4.78 is 6.00. The Hall–Kier alpha value is -2.46. The van der Waals surface area contributed by atoms with Crippen LogP contribution >= 0.6 is 15.9 Å². The molecule has 0 aliphatic carbocycles. The molecule has 0 unspecified atom stereocenters. The molecule has 0 bridgehead atoms. The number of hydrogen-bond donors (Lipinski definition) is 0. The lowest BCUT2D eigenvalue weighted by atomic mass is 10.2. The van der Waals surface area contributed by atoms with Crippen LogP contribution in [-0.2, 0) is 0 Å². The molecule has 6 nitrogen and oxygen atoms in total. The number of non-ortho nitro benzene ring substituents is 1. The predicted octanol–water partition coefficient (Wildman–Crippen LogP) is 3.72. The van der Waals surface area contributed by atoms with Crippen molar-refractivity contribution in [2.45, 2.75) is 6.92 Å². The number of rotatable bonds is 3. The van der Waals surface area contributed by atoms with E-state index in [1.165, 1.54) is 18.2 Å². The van der Waals surface area contributed by atoms with E-state index in [1.54, 1.807) is 19.1 Å². The van der Waals surface area contributed by atoms with Crippen molar-refractivity contribution in [3.05, 3.63) is 56.2 Å². The maximum Gasteiger partial charge on any atom is 0.274 e. The van der Waals surface area contributed by atoms with E-state index in [2.05, 4.69) is 20.9 Å². The minimum Gasteiger partial charge on any atom is -0.439 e. The number of nitro benzene ring substituents is 1. The van der Waals surface area contributed by atoms with E-state index in [4.69, 9.17) is 10.00 Å². The van der Waals surface area contributed by atoms with Crippen LogP contribution in [-0.4, -0.2) is 9.91 Å². The van der Waals surface area contributed by atoms with Crippen LogP contribution in [0.25, 0.3) is 0 Å². The third-order valence-electron chi connectivity index (χ3n) is 2.35. The molecule has 20 heavy (non-hydrogen) atoms. The Kier molecular flexibility index (Phi) is 3.96. The molecule has 7 heteroatoms. The smallest absolute Gasteiger partial charge is 0.274 e. The number of ether oxygens (including phenoxy) is 1. The Balaban J connectivity index is 2.37. The summed E-state index contributed by atoms with van der Waals surface area (Å²) in [7, 11) is 0. The molecule has 0 amide bonds. The van der Waals surface area contributed by atoms with Crippen LogP contribution in [0.4, 0.5) is 5.69 Å². The fraction of sp³-hybridized carbons (Fsp3) is 0.0769. The zero-order valence-corrected chi connectivity index (χ0v) is 11.9. The summed E-state index contributed by atoms with van der Waals surface area (Å²) in [6.07, 6.45) is 0. The van der Waals surface area contributed by atoms with Crippen molar-refractivity contribution in [3.63, 3.8) is 0 Å². The number of aryl methyl sites for hydroxylation is 1. The van der Waals surface area contributed by atoms with E-state index < -0.39 is 4.92 Å². The number of benzene rings is 1. The molecule has 0 radical (unpaired) electrons. The van der Waals surface area contributed by atoms with Crippen LogP contribution < -0.4 is 4.74 Å². The van der Waals surface area contributed by atoms with Gasteiger partial charge in [-0.3, -0.25) is 10.1 Å². The summed E-state index contributed by atoms with van der Waals surface area (Å²) in [5.41, 5.74) is 0.947. The van der Waals surface area contributed by atoms with E-state index in [-0.39, 0.29) is 17.3 Å². The summed E-state index contributed by atoms with van der Waals surface area (Å²) in [5.74, 6) is 0.488. The second-order valence-electron chi connectivity index (χ2n) is 3.95. The van der Waals surface area contributed by atoms with Crippen LogP contribution in [0, 0.1) is 28.4 Å². The van der Waals surface area contributed by atoms with Crippen molar-refractivity contribution in [3.8, 4) is 17.7 Å². The second-order valence-corrected chi connectivity index (χ2v) is 4.87. The van der Waals surface area contributed by atoms with E-state index in [0.29, 0.717) is 15.7 Å². The van der Waals surface area contributed by atoms with Crippen LogP contribution in [0.5, 0.6) is 11.6 Å². The number of halogens is 1. The Bertz CT molecular complexity index is 725. The molecular formula is C13H8BrN3O3.